The highest BCUT2D eigenvalue weighted by Gasteiger charge is 2.43. The summed E-state index contributed by atoms with van der Waals surface area (Å²) in [7, 11) is 1.65. The minimum Gasteiger partial charge on any atom is -0.369 e. The highest BCUT2D eigenvalue weighted by Crippen LogP contribution is 2.49. The lowest BCUT2D eigenvalue weighted by molar-refractivity contribution is -0.132. The maximum atomic E-state index is 12.8. The van der Waals surface area contributed by atoms with E-state index in [1.165, 1.54) is 39.0 Å². The molecule has 0 radical (unpaired) electrons. The Bertz CT molecular complexity index is 1070. The van der Waals surface area contributed by atoms with Gasteiger partial charge in [-0.25, -0.2) is 0 Å². The molecule has 4 bridgehead atoms. The molecule has 4 heteroatoms. The maximum Gasteiger partial charge on any atom is 0.227 e. The molecule has 0 saturated heterocycles. The van der Waals surface area contributed by atoms with Gasteiger partial charge in [-0.15, -0.1) is 0 Å². The number of primary amides is 1. The first-order valence-electron chi connectivity index (χ1n) is 11.0. The zero-order chi connectivity index (χ0) is 20.8. The van der Waals surface area contributed by atoms with Gasteiger partial charge in [0.05, 0.1) is 11.8 Å². The van der Waals surface area contributed by atoms with Crippen LogP contribution in [0.25, 0.3) is 5.57 Å². The Kier molecular flexibility index (Phi) is 4.73. The number of rotatable bonds is 2. The summed E-state index contributed by atoms with van der Waals surface area (Å²) in [5, 5.41) is 2.78. The summed E-state index contributed by atoms with van der Waals surface area (Å²) in [5.41, 5.74) is 16.4. The molecule has 0 aliphatic heterocycles. The van der Waals surface area contributed by atoms with E-state index in [0.29, 0.717) is 6.42 Å². The zero-order valence-corrected chi connectivity index (χ0v) is 17.5. The fourth-order valence-electron chi connectivity index (χ4n) is 5.74. The molecule has 4 nitrogen and oxygen atoms in total. The summed E-state index contributed by atoms with van der Waals surface area (Å²) in [5.74, 6) is -1.30. The van der Waals surface area contributed by atoms with Crippen LogP contribution in [0.4, 0.5) is 0 Å². The topological polar surface area (TPSA) is 72.2 Å². The summed E-state index contributed by atoms with van der Waals surface area (Å²) >= 11 is 0. The van der Waals surface area contributed by atoms with Gasteiger partial charge in [-0.05, 0) is 89.5 Å². The van der Waals surface area contributed by atoms with E-state index in [2.05, 4.69) is 41.7 Å². The minimum atomic E-state index is -0.441. The van der Waals surface area contributed by atoms with Crippen molar-refractivity contribution in [2.24, 2.45) is 17.6 Å². The molecule has 2 aromatic rings. The van der Waals surface area contributed by atoms with Gasteiger partial charge in [0, 0.05) is 7.05 Å². The standard InChI is InChI=1S/C26H28N2O2/c1-28-26(30)24-20(25(27)29)13-12-19-22(24)14-21-17-8-6-15-2-4-16(5-3-15)7-9-18(11-10-17)23(19)21/h2-5,10-11,20,24H,6-9,12-14H2,1H3,(H2,27,29)(H,28,30). The lowest BCUT2D eigenvalue weighted by Gasteiger charge is -2.30. The Balaban J connectivity index is 1.61. The number of hydrogen-bond acceptors (Lipinski definition) is 2. The van der Waals surface area contributed by atoms with Crippen molar-refractivity contribution in [2.45, 2.75) is 44.9 Å². The second-order valence-electron chi connectivity index (χ2n) is 8.87. The molecule has 8 rings (SSSR count). The van der Waals surface area contributed by atoms with E-state index < -0.39 is 11.8 Å². The number of nitrogens with one attached hydrogen (secondary N) is 1. The molecule has 3 N–H and O–H groups in total. The van der Waals surface area contributed by atoms with Crippen LogP contribution in [-0.4, -0.2) is 18.9 Å². The number of carbonyl (C=O) groups excluding carboxylic acids is 2. The lowest BCUT2D eigenvalue weighted by atomic mass is 9.74. The van der Waals surface area contributed by atoms with Crippen molar-refractivity contribution < 1.29 is 9.59 Å². The smallest absolute Gasteiger partial charge is 0.227 e. The monoisotopic (exact) mass is 400 g/mol. The molecule has 0 fully saturated rings. The molecular weight excluding hydrogens is 372 g/mol. The van der Waals surface area contributed by atoms with E-state index in [1.807, 2.05) is 0 Å². The molecule has 2 aromatic carbocycles. The molecule has 2 unspecified atom stereocenters. The van der Waals surface area contributed by atoms with Crippen LogP contribution in [0.1, 0.15) is 46.2 Å². The number of nitrogens with two attached hydrogens (primary N) is 1. The van der Waals surface area contributed by atoms with Gasteiger partial charge in [0.25, 0.3) is 0 Å². The second-order valence-corrected chi connectivity index (χ2v) is 8.87. The number of hydrogen-bond donors (Lipinski definition) is 2. The van der Waals surface area contributed by atoms with Gasteiger partial charge in [0.2, 0.25) is 11.8 Å². The zero-order valence-electron chi connectivity index (χ0n) is 17.5. The van der Waals surface area contributed by atoms with Gasteiger partial charge in [0.15, 0.2) is 0 Å². The predicted molar refractivity (Wildman–Crippen MR) is 118 cm³/mol. The Morgan fingerprint density at radius 3 is 2.17 bits per heavy atom. The van der Waals surface area contributed by atoms with Crippen molar-refractivity contribution in [3.63, 3.8) is 0 Å². The number of aryl methyl sites for hydroxylation is 4. The van der Waals surface area contributed by atoms with Gasteiger partial charge in [0.1, 0.15) is 0 Å². The summed E-state index contributed by atoms with van der Waals surface area (Å²) in [6, 6.07) is 13.6. The molecule has 30 heavy (non-hydrogen) atoms. The normalized spacial score (nSPS) is 22.2. The lowest BCUT2D eigenvalue weighted by Crippen LogP contribution is -2.42. The first kappa shape index (κ1) is 19.1. The van der Waals surface area contributed by atoms with Crippen molar-refractivity contribution in [1.29, 1.82) is 0 Å². The van der Waals surface area contributed by atoms with Crippen LogP contribution in [-0.2, 0) is 41.7 Å². The van der Waals surface area contributed by atoms with Crippen LogP contribution in [0.15, 0.2) is 42.0 Å². The summed E-state index contributed by atoms with van der Waals surface area (Å²) in [6.07, 6.45) is 6.25. The first-order valence-corrected chi connectivity index (χ1v) is 11.0. The summed E-state index contributed by atoms with van der Waals surface area (Å²) in [6.45, 7) is 0. The summed E-state index contributed by atoms with van der Waals surface area (Å²) in [4.78, 5) is 25.0. The number of benzene rings is 2. The fourth-order valence-corrected chi connectivity index (χ4v) is 5.74. The molecule has 6 aliphatic rings. The molecule has 0 aromatic heterocycles. The number of allylic oxidation sites excluding steroid dienone is 1. The third-order valence-corrected chi connectivity index (χ3v) is 7.32. The molecule has 2 atom stereocenters. The van der Waals surface area contributed by atoms with Crippen LogP contribution >= 0.6 is 0 Å². The Morgan fingerprint density at radius 1 is 0.900 bits per heavy atom. The molecule has 6 aliphatic carbocycles. The fraction of sp³-hybridized carbons (Fsp3) is 0.385. The van der Waals surface area contributed by atoms with Crippen molar-refractivity contribution >= 4 is 17.4 Å². The molecule has 154 valence electrons. The van der Waals surface area contributed by atoms with Crippen molar-refractivity contribution in [3.8, 4) is 0 Å². The quantitative estimate of drug-likeness (QED) is 0.813. The Morgan fingerprint density at radius 2 is 1.53 bits per heavy atom. The van der Waals surface area contributed by atoms with Crippen LogP contribution in [0.5, 0.6) is 0 Å². The van der Waals surface area contributed by atoms with E-state index in [0.717, 1.165) is 44.1 Å². The van der Waals surface area contributed by atoms with Gasteiger partial charge in [-0.2, -0.15) is 0 Å². The molecule has 0 heterocycles. The Hall–Kier alpha value is -2.88. The Labute approximate surface area is 177 Å². The van der Waals surface area contributed by atoms with Gasteiger partial charge in [-0.3, -0.25) is 9.59 Å². The largest absolute Gasteiger partial charge is 0.369 e. The van der Waals surface area contributed by atoms with Crippen LogP contribution in [0, 0.1) is 11.8 Å². The highest BCUT2D eigenvalue weighted by atomic mass is 16.2. The van der Waals surface area contributed by atoms with Crippen molar-refractivity contribution in [3.05, 3.63) is 75.4 Å². The highest BCUT2D eigenvalue weighted by molar-refractivity contribution is 5.94. The van der Waals surface area contributed by atoms with E-state index in [9.17, 15) is 9.59 Å². The first-order chi connectivity index (χ1) is 14.6. The molecule has 0 spiro atoms. The second kappa shape index (κ2) is 7.42. The average Bonchev–Trinajstić information content (AvgIpc) is 3.14. The SMILES string of the molecule is CNC(=O)C1C2=C(CCC1C(N)=O)c1c3ccc(c1C2)CCc1ccc(cc1)CC3. The van der Waals surface area contributed by atoms with Gasteiger partial charge < -0.3 is 11.1 Å². The van der Waals surface area contributed by atoms with Gasteiger partial charge in [-0.1, -0.05) is 36.4 Å². The van der Waals surface area contributed by atoms with E-state index in [-0.39, 0.29) is 11.8 Å². The summed E-state index contributed by atoms with van der Waals surface area (Å²) < 4.78 is 0. The van der Waals surface area contributed by atoms with Gasteiger partial charge >= 0.3 is 0 Å². The predicted octanol–water partition coefficient (Wildman–Crippen LogP) is 3.14. The van der Waals surface area contributed by atoms with Crippen LogP contribution < -0.4 is 11.1 Å². The molecular formula is C26H28N2O2. The van der Waals surface area contributed by atoms with Crippen molar-refractivity contribution in [2.75, 3.05) is 7.05 Å². The average molecular weight is 401 g/mol. The van der Waals surface area contributed by atoms with Crippen LogP contribution in [0.2, 0.25) is 0 Å². The maximum absolute atomic E-state index is 12.8. The van der Waals surface area contributed by atoms with E-state index in [1.54, 1.807) is 7.05 Å². The van der Waals surface area contributed by atoms with E-state index >= 15 is 0 Å². The molecule has 2 amide bonds. The third-order valence-electron chi connectivity index (χ3n) is 7.32. The number of amides is 2. The number of carbonyl (C=O) groups is 2. The van der Waals surface area contributed by atoms with Crippen LogP contribution in [0.3, 0.4) is 0 Å². The minimum absolute atomic E-state index is 0.0858. The molecule has 0 saturated carbocycles. The van der Waals surface area contributed by atoms with E-state index in [4.69, 9.17) is 5.73 Å². The van der Waals surface area contributed by atoms with Crippen molar-refractivity contribution in [1.82, 2.24) is 5.32 Å². The third kappa shape index (κ3) is 3.06.